The Hall–Kier alpha value is -0.940. The Morgan fingerprint density at radius 2 is 2.00 bits per heavy atom. The normalized spacial score (nSPS) is 36.2. The molecule has 0 aliphatic heterocycles. The Bertz CT molecular complexity index is 698. The number of aliphatic hydroxyl groups is 3. The lowest BCUT2D eigenvalue weighted by atomic mass is 9.64. The zero-order valence-electron chi connectivity index (χ0n) is 19.5. The van der Waals surface area contributed by atoms with Crippen LogP contribution in [0, 0.1) is 17.3 Å². The van der Waals surface area contributed by atoms with Crippen LogP contribution in [0.3, 0.4) is 0 Å². The molecule has 3 aliphatic carbocycles. The summed E-state index contributed by atoms with van der Waals surface area (Å²) in [6.45, 7) is 10.9. The Labute approximate surface area is 182 Å². The highest BCUT2D eigenvalue weighted by Crippen LogP contribution is 2.57. The van der Waals surface area contributed by atoms with E-state index in [2.05, 4.69) is 32.1 Å². The van der Waals surface area contributed by atoms with Crippen LogP contribution < -0.4 is 0 Å². The Morgan fingerprint density at radius 1 is 1.27 bits per heavy atom. The maximum absolute atomic E-state index is 10.2. The van der Waals surface area contributed by atoms with E-state index in [1.54, 1.807) is 0 Å². The highest BCUT2D eigenvalue weighted by molar-refractivity contribution is 5.37. The molecule has 0 aromatic heterocycles. The van der Waals surface area contributed by atoms with Crippen molar-refractivity contribution in [2.45, 2.75) is 103 Å². The smallest absolute Gasteiger partial charge is 0.0777 e. The number of aliphatic hydroxyl groups excluding tert-OH is 2. The Kier molecular flexibility index (Phi) is 7.33. The molecule has 0 aromatic rings. The lowest BCUT2D eigenvalue weighted by Crippen LogP contribution is -2.38. The zero-order chi connectivity index (χ0) is 22.1. The van der Waals surface area contributed by atoms with E-state index in [0.717, 1.165) is 17.6 Å². The minimum Gasteiger partial charge on any atom is -0.393 e. The quantitative estimate of drug-likeness (QED) is 0.561. The molecule has 0 radical (unpaired) electrons. The van der Waals surface area contributed by atoms with E-state index >= 15 is 0 Å². The largest absolute Gasteiger partial charge is 0.393 e. The molecular formula is C26H42O4. The fourth-order valence-electron chi connectivity index (χ4n) is 5.97. The Balaban J connectivity index is 1.68. The van der Waals surface area contributed by atoms with Gasteiger partial charge in [-0.3, -0.25) is 0 Å². The van der Waals surface area contributed by atoms with E-state index in [1.807, 2.05) is 20.8 Å². The van der Waals surface area contributed by atoms with E-state index in [-0.39, 0.29) is 11.5 Å². The van der Waals surface area contributed by atoms with E-state index in [9.17, 15) is 15.3 Å². The van der Waals surface area contributed by atoms with Gasteiger partial charge in [-0.1, -0.05) is 25.2 Å². The van der Waals surface area contributed by atoms with Crippen molar-refractivity contribution in [1.82, 2.24) is 0 Å². The van der Waals surface area contributed by atoms with E-state index < -0.39 is 17.8 Å². The predicted octanol–water partition coefficient (Wildman–Crippen LogP) is 4.69. The summed E-state index contributed by atoms with van der Waals surface area (Å²) in [5.41, 5.74) is 3.03. The molecule has 6 atom stereocenters. The average molecular weight is 419 g/mol. The van der Waals surface area contributed by atoms with Gasteiger partial charge >= 0.3 is 0 Å². The highest BCUT2D eigenvalue weighted by atomic mass is 16.5. The lowest BCUT2D eigenvalue weighted by molar-refractivity contribution is -0.0432. The molecule has 0 bridgehead atoms. The maximum atomic E-state index is 10.2. The first-order valence-electron chi connectivity index (χ1n) is 11.8. The van der Waals surface area contributed by atoms with E-state index in [1.165, 1.54) is 24.8 Å². The second kappa shape index (κ2) is 9.28. The van der Waals surface area contributed by atoms with Gasteiger partial charge in [0.1, 0.15) is 0 Å². The van der Waals surface area contributed by atoms with Gasteiger partial charge in [0.25, 0.3) is 0 Å². The molecule has 0 aromatic carbocycles. The summed E-state index contributed by atoms with van der Waals surface area (Å²) in [6.07, 6.45) is 12.3. The van der Waals surface area contributed by atoms with Crippen molar-refractivity contribution < 1.29 is 20.1 Å². The number of hydrogen-bond acceptors (Lipinski definition) is 4. The number of rotatable bonds is 7. The summed E-state index contributed by atoms with van der Waals surface area (Å²) in [5.74, 6) is 1.06. The minimum atomic E-state index is -0.680. The summed E-state index contributed by atoms with van der Waals surface area (Å²) < 4.78 is 6.18. The standard InChI is InChI=1S/C26H42O4/c1-17-20(15-21(27)16-24(17)28)9-8-19-7-6-12-26(5)22(10-11-23(19)26)18(2)30-14-13-25(3,4)29/h7-9,18,21-24,27-29H,6,10-16H2,1-5H3/b9-8-/t18-,21+,22+,23?,24-,26+/m0/s1. The minimum absolute atomic E-state index is 0.194. The first kappa shape index (κ1) is 23.7. The summed E-state index contributed by atoms with van der Waals surface area (Å²) in [5, 5.41) is 30.2. The van der Waals surface area contributed by atoms with Crippen LogP contribution >= 0.6 is 0 Å². The molecule has 1 unspecified atom stereocenters. The van der Waals surface area contributed by atoms with Gasteiger partial charge in [-0.25, -0.2) is 0 Å². The predicted molar refractivity (Wildman–Crippen MR) is 121 cm³/mol. The van der Waals surface area contributed by atoms with Gasteiger partial charge in [-0.2, -0.15) is 0 Å². The van der Waals surface area contributed by atoms with Crippen LogP contribution in [0.15, 0.2) is 34.9 Å². The third-order valence-corrected chi connectivity index (χ3v) is 7.97. The summed E-state index contributed by atoms with van der Waals surface area (Å²) in [7, 11) is 0. The second-order valence-electron chi connectivity index (χ2n) is 10.8. The van der Waals surface area contributed by atoms with Crippen LogP contribution in [0.5, 0.6) is 0 Å². The SMILES string of the molecule is CC1=C(/C=C\C2=CCC[C@@]3(C)C2CC[C@@H]3[C@H](C)OCCC(C)(C)O)C[C@@H](O)C[C@@H]1O. The van der Waals surface area contributed by atoms with Gasteiger partial charge < -0.3 is 20.1 Å². The number of fused-ring (bicyclic) bond motifs is 1. The fourth-order valence-corrected chi connectivity index (χ4v) is 5.97. The topological polar surface area (TPSA) is 69.9 Å². The lowest BCUT2D eigenvalue weighted by Gasteiger charge is -2.42. The van der Waals surface area contributed by atoms with Gasteiger partial charge in [0.05, 0.1) is 23.9 Å². The molecule has 0 spiro atoms. The summed E-state index contributed by atoms with van der Waals surface area (Å²) in [6, 6.07) is 0. The molecule has 1 saturated carbocycles. The van der Waals surface area contributed by atoms with Crippen molar-refractivity contribution in [2.24, 2.45) is 17.3 Å². The Morgan fingerprint density at radius 3 is 2.70 bits per heavy atom. The van der Waals surface area contributed by atoms with Crippen molar-refractivity contribution in [1.29, 1.82) is 0 Å². The van der Waals surface area contributed by atoms with Crippen molar-refractivity contribution in [3.05, 3.63) is 34.9 Å². The molecule has 0 saturated heterocycles. The van der Waals surface area contributed by atoms with Crippen molar-refractivity contribution in [2.75, 3.05) is 6.61 Å². The van der Waals surface area contributed by atoms with E-state index in [0.29, 0.717) is 37.7 Å². The van der Waals surface area contributed by atoms with E-state index in [4.69, 9.17) is 4.74 Å². The third kappa shape index (κ3) is 5.27. The van der Waals surface area contributed by atoms with Crippen LogP contribution in [0.2, 0.25) is 0 Å². The van der Waals surface area contributed by atoms with Crippen LogP contribution in [0.4, 0.5) is 0 Å². The van der Waals surface area contributed by atoms with Crippen molar-refractivity contribution >= 4 is 0 Å². The van der Waals surface area contributed by atoms with Crippen molar-refractivity contribution in [3.8, 4) is 0 Å². The monoisotopic (exact) mass is 418 g/mol. The van der Waals surface area contributed by atoms with Gasteiger partial charge in [-0.05, 0) is 100 Å². The first-order chi connectivity index (χ1) is 14.0. The summed E-state index contributed by atoms with van der Waals surface area (Å²) >= 11 is 0. The third-order valence-electron chi connectivity index (χ3n) is 7.97. The number of ether oxygens (including phenoxy) is 1. The number of allylic oxidation sites excluding steroid dienone is 4. The highest BCUT2D eigenvalue weighted by Gasteiger charge is 2.50. The maximum Gasteiger partial charge on any atom is 0.0777 e. The molecular weight excluding hydrogens is 376 g/mol. The average Bonchev–Trinajstić information content (AvgIpc) is 3.00. The molecule has 0 heterocycles. The second-order valence-corrected chi connectivity index (χ2v) is 10.8. The van der Waals surface area contributed by atoms with Gasteiger partial charge in [0.2, 0.25) is 0 Å². The molecule has 3 aliphatic rings. The van der Waals surface area contributed by atoms with Crippen LogP contribution in [0.1, 0.15) is 79.6 Å². The molecule has 3 rings (SSSR count). The molecule has 1 fully saturated rings. The molecule has 4 heteroatoms. The van der Waals surface area contributed by atoms with Gasteiger partial charge in [0, 0.05) is 13.0 Å². The van der Waals surface area contributed by atoms with Gasteiger partial charge in [-0.15, -0.1) is 0 Å². The van der Waals surface area contributed by atoms with Crippen molar-refractivity contribution in [3.63, 3.8) is 0 Å². The zero-order valence-corrected chi connectivity index (χ0v) is 19.5. The summed E-state index contributed by atoms with van der Waals surface area (Å²) in [4.78, 5) is 0. The number of hydrogen-bond donors (Lipinski definition) is 3. The molecule has 3 N–H and O–H groups in total. The van der Waals surface area contributed by atoms with Gasteiger partial charge in [0.15, 0.2) is 0 Å². The molecule has 4 nitrogen and oxygen atoms in total. The first-order valence-corrected chi connectivity index (χ1v) is 11.8. The van der Waals surface area contributed by atoms with Crippen LogP contribution in [-0.2, 0) is 4.74 Å². The van der Waals surface area contributed by atoms with Crippen LogP contribution in [0.25, 0.3) is 0 Å². The fraction of sp³-hybridized carbons (Fsp3) is 0.769. The molecule has 30 heavy (non-hydrogen) atoms. The molecule has 170 valence electrons. The van der Waals surface area contributed by atoms with Crippen LogP contribution in [-0.4, -0.2) is 45.8 Å². The molecule has 0 amide bonds.